The fourth-order valence-electron chi connectivity index (χ4n) is 1.19. The van der Waals surface area contributed by atoms with Crippen LogP contribution in [0.25, 0.3) is 0 Å². The number of hydrogen-bond donors (Lipinski definition) is 3. The van der Waals surface area contributed by atoms with Crippen LogP contribution in [0.3, 0.4) is 0 Å². The molecule has 0 bridgehead atoms. The number of amides is 1. The molecule has 0 aliphatic carbocycles. The predicted octanol–water partition coefficient (Wildman–Crippen LogP) is 0.744. The van der Waals surface area contributed by atoms with Crippen LogP contribution in [0.5, 0.6) is 0 Å². The zero-order chi connectivity index (χ0) is 12.6. The summed E-state index contributed by atoms with van der Waals surface area (Å²) in [7, 11) is 0. The van der Waals surface area contributed by atoms with Crippen LogP contribution in [0, 0.1) is 0 Å². The second-order valence-corrected chi connectivity index (χ2v) is 3.95. The lowest BCUT2D eigenvalue weighted by Crippen LogP contribution is -2.48. The van der Waals surface area contributed by atoms with Crippen LogP contribution in [-0.4, -0.2) is 35.6 Å². The fraction of sp³-hybridized carbons (Fsp3) is 0.818. The lowest BCUT2D eigenvalue weighted by atomic mass is 10.2. The van der Waals surface area contributed by atoms with E-state index in [9.17, 15) is 9.59 Å². The Morgan fingerprint density at radius 1 is 1.19 bits per heavy atom. The molecule has 0 aromatic heterocycles. The van der Waals surface area contributed by atoms with E-state index in [1.807, 2.05) is 0 Å². The van der Waals surface area contributed by atoms with Crippen LogP contribution < -0.4 is 10.6 Å². The van der Waals surface area contributed by atoms with Crippen LogP contribution in [0.2, 0.25) is 0 Å². The standard InChI is InChI=1S/C11H22N2O3/c1-4-5-6-7-12-8(2)10(14)13-9(3)11(15)16/h8-9,12H,4-7H2,1-3H3,(H,13,14)(H,15,16)/t8-,9-/m0/s1. The molecular weight excluding hydrogens is 208 g/mol. The Morgan fingerprint density at radius 2 is 1.81 bits per heavy atom. The van der Waals surface area contributed by atoms with Crippen molar-refractivity contribution in [3.63, 3.8) is 0 Å². The van der Waals surface area contributed by atoms with E-state index in [4.69, 9.17) is 5.11 Å². The first-order valence-electron chi connectivity index (χ1n) is 5.75. The van der Waals surface area contributed by atoms with E-state index in [2.05, 4.69) is 17.6 Å². The van der Waals surface area contributed by atoms with Gasteiger partial charge in [0.15, 0.2) is 0 Å². The maximum absolute atomic E-state index is 11.5. The molecule has 1 amide bonds. The van der Waals surface area contributed by atoms with Crippen LogP contribution in [0.4, 0.5) is 0 Å². The number of carbonyl (C=O) groups is 2. The fourth-order valence-corrected chi connectivity index (χ4v) is 1.19. The van der Waals surface area contributed by atoms with Crippen molar-refractivity contribution in [2.45, 2.75) is 52.1 Å². The molecule has 0 aliphatic heterocycles. The van der Waals surface area contributed by atoms with Crippen molar-refractivity contribution in [2.75, 3.05) is 6.54 Å². The van der Waals surface area contributed by atoms with Crippen molar-refractivity contribution in [3.8, 4) is 0 Å². The van der Waals surface area contributed by atoms with E-state index in [0.29, 0.717) is 0 Å². The first kappa shape index (κ1) is 14.9. The quantitative estimate of drug-likeness (QED) is 0.537. The molecule has 0 radical (unpaired) electrons. The summed E-state index contributed by atoms with van der Waals surface area (Å²) >= 11 is 0. The van der Waals surface area contributed by atoms with Gasteiger partial charge in [0.1, 0.15) is 6.04 Å². The van der Waals surface area contributed by atoms with Crippen LogP contribution in [-0.2, 0) is 9.59 Å². The number of carboxylic acid groups (broad SMARTS) is 1. The second-order valence-electron chi connectivity index (χ2n) is 3.95. The summed E-state index contributed by atoms with van der Waals surface area (Å²) in [4.78, 5) is 22.0. The van der Waals surface area contributed by atoms with Gasteiger partial charge in [-0.1, -0.05) is 19.8 Å². The summed E-state index contributed by atoms with van der Waals surface area (Å²) < 4.78 is 0. The summed E-state index contributed by atoms with van der Waals surface area (Å²) in [5.74, 6) is -1.29. The molecule has 0 rings (SSSR count). The van der Waals surface area contributed by atoms with Gasteiger partial charge in [-0.2, -0.15) is 0 Å². The Labute approximate surface area is 96.6 Å². The number of carboxylic acids is 1. The molecule has 0 saturated carbocycles. The first-order valence-corrected chi connectivity index (χ1v) is 5.75. The molecule has 5 nitrogen and oxygen atoms in total. The van der Waals surface area contributed by atoms with Crippen molar-refractivity contribution in [3.05, 3.63) is 0 Å². The topological polar surface area (TPSA) is 78.4 Å². The Bertz CT molecular complexity index is 231. The SMILES string of the molecule is CCCCCN[C@@H](C)C(=O)N[C@@H](C)C(=O)O. The number of carbonyl (C=O) groups excluding carboxylic acids is 1. The maximum Gasteiger partial charge on any atom is 0.325 e. The molecule has 0 unspecified atom stereocenters. The average molecular weight is 230 g/mol. The third-order valence-electron chi connectivity index (χ3n) is 2.35. The zero-order valence-electron chi connectivity index (χ0n) is 10.2. The molecule has 5 heteroatoms. The van der Waals surface area contributed by atoms with E-state index in [0.717, 1.165) is 25.8 Å². The van der Waals surface area contributed by atoms with Crippen molar-refractivity contribution < 1.29 is 14.7 Å². The van der Waals surface area contributed by atoms with Gasteiger partial charge in [0.2, 0.25) is 5.91 Å². The first-order chi connectivity index (χ1) is 7.49. The van der Waals surface area contributed by atoms with Gasteiger partial charge < -0.3 is 15.7 Å². The van der Waals surface area contributed by atoms with Gasteiger partial charge in [-0.05, 0) is 26.8 Å². The summed E-state index contributed by atoms with van der Waals surface area (Å²) in [6, 6.07) is -1.19. The minimum Gasteiger partial charge on any atom is -0.480 e. The van der Waals surface area contributed by atoms with Gasteiger partial charge >= 0.3 is 5.97 Å². The van der Waals surface area contributed by atoms with Crippen molar-refractivity contribution in [2.24, 2.45) is 0 Å². The van der Waals surface area contributed by atoms with E-state index < -0.39 is 12.0 Å². The van der Waals surface area contributed by atoms with Crippen molar-refractivity contribution in [1.82, 2.24) is 10.6 Å². The number of rotatable bonds is 8. The number of hydrogen-bond acceptors (Lipinski definition) is 3. The average Bonchev–Trinajstić information content (AvgIpc) is 2.23. The monoisotopic (exact) mass is 230 g/mol. The molecule has 3 N–H and O–H groups in total. The molecule has 0 aromatic carbocycles. The Hall–Kier alpha value is -1.10. The zero-order valence-corrected chi connectivity index (χ0v) is 10.2. The molecular formula is C11H22N2O3. The van der Waals surface area contributed by atoms with E-state index in [1.54, 1.807) is 6.92 Å². The number of unbranched alkanes of at least 4 members (excludes halogenated alkanes) is 2. The van der Waals surface area contributed by atoms with Gasteiger partial charge in [0, 0.05) is 0 Å². The summed E-state index contributed by atoms with van der Waals surface area (Å²) in [6.07, 6.45) is 3.30. The Balaban J connectivity index is 3.77. The van der Waals surface area contributed by atoms with Gasteiger partial charge in [0.05, 0.1) is 6.04 Å². The van der Waals surface area contributed by atoms with E-state index in [1.165, 1.54) is 6.92 Å². The van der Waals surface area contributed by atoms with Crippen LogP contribution in [0.15, 0.2) is 0 Å². The third-order valence-corrected chi connectivity index (χ3v) is 2.35. The molecule has 0 saturated heterocycles. The minimum absolute atomic E-state index is 0.272. The molecule has 0 aromatic rings. The van der Waals surface area contributed by atoms with Crippen molar-refractivity contribution in [1.29, 1.82) is 0 Å². The lowest BCUT2D eigenvalue weighted by Gasteiger charge is -2.15. The normalized spacial score (nSPS) is 14.2. The van der Waals surface area contributed by atoms with Gasteiger partial charge in [-0.15, -0.1) is 0 Å². The molecule has 0 spiro atoms. The highest BCUT2D eigenvalue weighted by Crippen LogP contribution is 1.93. The molecule has 2 atom stereocenters. The number of nitrogens with one attached hydrogen (secondary N) is 2. The summed E-state index contributed by atoms with van der Waals surface area (Å²) in [5.41, 5.74) is 0. The van der Waals surface area contributed by atoms with Crippen LogP contribution >= 0.6 is 0 Å². The highest BCUT2D eigenvalue weighted by Gasteiger charge is 2.17. The molecule has 0 heterocycles. The molecule has 94 valence electrons. The lowest BCUT2D eigenvalue weighted by molar-refractivity contribution is -0.141. The summed E-state index contributed by atoms with van der Waals surface area (Å²) in [6.45, 7) is 6.08. The third kappa shape index (κ3) is 6.40. The Kier molecular flexibility index (Phi) is 7.54. The minimum atomic E-state index is -1.02. The largest absolute Gasteiger partial charge is 0.480 e. The Morgan fingerprint density at radius 3 is 2.31 bits per heavy atom. The van der Waals surface area contributed by atoms with Crippen LogP contribution in [0.1, 0.15) is 40.0 Å². The van der Waals surface area contributed by atoms with E-state index >= 15 is 0 Å². The maximum atomic E-state index is 11.5. The van der Waals surface area contributed by atoms with Gasteiger partial charge in [0.25, 0.3) is 0 Å². The van der Waals surface area contributed by atoms with Crippen molar-refractivity contribution >= 4 is 11.9 Å². The highest BCUT2D eigenvalue weighted by molar-refractivity contribution is 5.86. The summed E-state index contributed by atoms with van der Waals surface area (Å²) in [5, 5.41) is 14.1. The van der Waals surface area contributed by atoms with Gasteiger partial charge in [-0.3, -0.25) is 9.59 Å². The number of aliphatic carboxylic acids is 1. The second kappa shape index (κ2) is 8.10. The molecule has 0 aliphatic rings. The molecule has 0 fully saturated rings. The predicted molar refractivity (Wildman–Crippen MR) is 62.2 cm³/mol. The smallest absolute Gasteiger partial charge is 0.325 e. The molecule has 16 heavy (non-hydrogen) atoms. The highest BCUT2D eigenvalue weighted by atomic mass is 16.4. The van der Waals surface area contributed by atoms with E-state index in [-0.39, 0.29) is 11.9 Å². The van der Waals surface area contributed by atoms with Gasteiger partial charge in [-0.25, -0.2) is 0 Å².